The largest absolute Gasteiger partial charge is 0.465 e. The number of nitrogens with zero attached hydrogens (tertiary/aromatic N) is 2. The van der Waals surface area contributed by atoms with Crippen molar-refractivity contribution in [1.82, 2.24) is 9.78 Å². The molecular formula is C22H19N3O4S. The summed E-state index contributed by atoms with van der Waals surface area (Å²) >= 11 is 1.51. The summed E-state index contributed by atoms with van der Waals surface area (Å²) < 4.78 is 7.78. The van der Waals surface area contributed by atoms with E-state index in [4.69, 9.17) is 4.74 Å². The number of aryl methyl sites for hydroxylation is 1. The van der Waals surface area contributed by atoms with Gasteiger partial charge in [-0.1, -0.05) is 30.3 Å². The summed E-state index contributed by atoms with van der Waals surface area (Å²) in [7, 11) is 1.27. The van der Waals surface area contributed by atoms with Crippen LogP contribution in [0.1, 0.15) is 29.0 Å². The summed E-state index contributed by atoms with van der Waals surface area (Å²) in [5.41, 5.74) is 0.904. The third-order valence-corrected chi connectivity index (χ3v) is 6.22. The molecule has 0 saturated carbocycles. The van der Waals surface area contributed by atoms with Crippen molar-refractivity contribution in [1.29, 1.82) is 0 Å². The Kier molecular flexibility index (Phi) is 5.09. The number of amides is 1. The molecule has 0 fully saturated rings. The van der Waals surface area contributed by atoms with Crippen LogP contribution in [0.3, 0.4) is 0 Å². The van der Waals surface area contributed by atoms with Crippen LogP contribution in [0.25, 0.3) is 20.2 Å². The standard InChI is InChI=1S/C22H19N3O4S/c1-12-19-18(15-9-5-7-11-17(15)30-19)21(27)25(24-12)13(2)20(26)23-16-10-6-4-8-14(16)22(28)29-3/h4-11,13H,1-3H3,(H,23,26)/t13-/m0/s1. The molecule has 8 heteroatoms. The molecule has 0 aliphatic carbocycles. The van der Waals surface area contributed by atoms with Gasteiger partial charge in [-0.3, -0.25) is 9.59 Å². The minimum atomic E-state index is -0.884. The molecule has 1 N–H and O–H groups in total. The Morgan fingerprint density at radius 1 is 1.13 bits per heavy atom. The van der Waals surface area contributed by atoms with E-state index in [-0.39, 0.29) is 11.1 Å². The molecule has 0 aliphatic heterocycles. The van der Waals surface area contributed by atoms with Crippen LogP contribution >= 0.6 is 11.3 Å². The van der Waals surface area contributed by atoms with Crippen LogP contribution in [0, 0.1) is 6.92 Å². The number of hydrogen-bond donors (Lipinski definition) is 1. The van der Waals surface area contributed by atoms with Gasteiger partial charge in [-0.2, -0.15) is 5.10 Å². The Balaban J connectivity index is 1.75. The zero-order valence-corrected chi connectivity index (χ0v) is 17.4. The minimum absolute atomic E-state index is 0.233. The Morgan fingerprint density at radius 3 is 2.60 bits per heavy atom. The zero-order valence-electron chi connectivity index (χ0n) is 16.6. The van der Waals surface area contributed by atoms with Gasteiger partial charge in [0.2, 0.25) is 5.91 Å². The highest BCUT2D eigenvalue weighted by Crippen LogP contribution is 2.33. The first-order valence-corrected chi connectivity index (χ1v) is 10.1. The number of ether oxygens (including phenoxy) is 1. The molecule has 0 bridgehead atoms. The maximum Gasteiger partial charge on any atom is 0.339 e. The van der Waals surface area contributed by atoms with Gasteiger partial charge in [0, 0.05) is 10.1 Å². The summed E-state index contributed by atoms with van der Waals surface area (Å²) in [4.78, 5) is 38.1. The zero-order chi connectivity index (χ0) is 21.4. The van der Waals surface area contributed by atoms with E-state index >= 15 is 0 Å². The average molecular weight is 421 g/mol. The van der Waals surface area contributed by atoms with Crippen molar-refractivity contribution in [3.8, 4) is 0 Å². The van der Waals surface area contributed by atoms with Gasteiger partial charge < -0.3 is 10.1 Å². The highest BCUT2D eigenvalue weighted by atomic mass is 32.1. The number of thiophene rings is 1. The fourth-order valence-corrected chi connectivity index (χ4v) is 4.50. The first-order valence-electron chi connectivity index (χ1n) is 9.31. The van der Waals surface area contributed by atoms with Crippen molar-refractivity contribution in [2.24, 2.45) is 0 Å². The van der Waals surface area contributed by atoms with Crippen LogP contribution < -0.4 is 10.9 Å². The third kappa shape index (κ3) is 3.25. The lowest BCUT2D eigenvalue weighted by Gasteiger charge is -2.16. The predicted octanol–water partition coefficient (Wildman–Crippen LogP) is 3.91. The number of benzene rings is 2. The number of aromatic nitrogens is 2. The van der Waals surface area contributed by atoms with Crippen LogP contribution in [0.4, 0.5) is 5.69 Å². The number of fused-ring (bicyclic) bond motifs is 3. The third-order valence-electron chi connectivity index (χ3n) is 4.94. The van der Waals surface area contributed by atoms with E-state index in [2.05, 4.69) is 10.4 Å². The van der Waals surface area contributed by atoms with Crippen molar-refractivity contribution < 1.29 is 14.3 Å². The molecule has 7 nitrogen and oxygen atoms in total. The summed E-state index contributed by atoms with van der Waals surface area (Å²) in [6, 6.07) is 13.3. The summed E-state index contributed by atoms with van der Waals surface area (Å²) in [5.74, 6) is -1.02. The first kappa shape index (κ1) is 19.8. The highest BCUT2D eigenvalue weighted by molar-refractivity contribution is 7.26. The van der Waals surface area contributed by atoms with E-state index in [1.54, 1.807) is 31.2 Å². The van der Waals surface area contributed by atoms with Gasteiger partial charge in [0.15, 0.2) is 0 Å². The SMILES string of the molecule is COC(=O)c1ccccc1NC(=O)[C@H](C)n1nc(C)c2sc3ccccc3c2c1=O. The highest BCUT2D eigenvalue weighted by Gasteiger charge is 2.23. The normalized spacial score (nSPS) is 12.1. The molecular weight excluding hydrogens is 402 g/mol. The number of esters is 1. The molecule has 0 saturated heterocycles. The maximum absolute atomic E-state index is 13.2. The number of para-hydroxylation sites is 1. The van der Waals surface area contributed by atoms with Crippen LogP contribution in [0.5, 0.6) is 0 Å². The molecule has 1 atom stereocenters. The van der Waals surface area contributed by atoms with Crippen molar-refractivity contribution in [3.63, 3.8) is 0 Å². The van der Waals surface area contributed by atoms with E-state index in [1.807, 2.05) is 31.2 Å². The molecule has 2 aromatic carbocycles. The quantitative estimate of drug-likeness (QED) is 0.505. The lowest BCUT2D eigenvalue weighted by Crippen LogP contribution is -2.34. The predicted molar refractivity (Wildman–Crippen MR) is 117 cm³/mol. The molecule has 1 amide bonds. The van der Waals surface area contributed by atoms with Gasteiger partial charge >= 0.3 is 5.97 Å². The van der Waals surface area contributed by atoms with Gasteiger partial charge in [0.1, 0.15) is 6.04 Å². The van der Waals surface area contributed by atoms with E-state index in [1.165, 1.54) is 23.1 Å². The number of carbonyl (C=O) groups excluding carboxylic acids is 2. The molecule has 152 valence electrons. The van der Waals surface area contributed by atoms with Crippen molar-refractivity contribution in [2.75, 3.05) is 12.4 Å². The second-order valence-electron chi connectivity index (χ2n) is 6.84. The van der Waals surface area contributed by atoms with E-state index in [0.717, 1.165) is 14.8 Å². The number of methoxy groups -OCH3 is 1. The van der Waals surface area contributed by atoms with E-state index < -0.39 is 17.9 Å². The Bertz CT molecular complexity index is 1360. The fourth-order valence-electron chi connectivity index (χ4n) is 3.37. The molecule has 2 heterocycles. The van der Waals surface area contributed by atoms with Gasteiger partial charge in [-0.15, -0.1) is 11.3 Å². The number of rotatable bonds is 4. The Morgan fingerprint density at radius 2 is 1.83 bits per heavy atom. The molecule has 4 rings (SSSR count). The Labute approximate surface area is 175 Å². The van der Waals surface area contributed by atoms with Crippen molar-refractivity contribution >= 4 is 49.1 Å². The van der Waals surface area contributed by atoms with E-state index in [0.29, 0.717) is 16.8 Å². The molecule has 2 aromatic heterocycles. The second kappa shape index (κ2) is 7.72. The maximum atomic E-state index is 13.2. The lowest BCUT2D eigenvalue weighted by molar-refractivity contribution is -0.119. The summed E-state index contributed by atoms with van der Waals surface area (Å²) in [6.45, 7) is 3.43. The molecule has 0 radical (unpaired) electrons. The van der Waals surface area contributed by atoms with Gasteiger partial charge in [-0.25, -0.2) is 9.48 Å². The topological polar surface area (TPSA) is 90.3 Å². The van der Waals surface area contributed by atoms with Crippen molar-refractivity contribution in [3.05, 3.63) is 70.1 Å². The molecule has 30 heavy (non-hydrogen) atoms. The first-order chi connectivity index (χ1) is 14.4. The van der Waals surface area contributed by atoms with Crippen molar-refractivity contribution in [2.45, 2.75) is 19.9 Å². The second-order valence-corrected chi connectivity index (χ2v) is 7.89. The number of carbonyl (C=O) groups is 2. The van der Waals surface area contributed by atoms with Crippen LogP contribution in [0.15, 0.2) is 53.3 Å². The summed E-state index contributed by atoms with van der Waals surface area (Å²) in [6.07, 6.45) is 0. The summed E-state index contributed by atoms with van der Waals surface area (Å²) in [5, 5.41) is 8.53. The molecule has 0 unspecified atom stereocenters. The van der Waals surface area contributed by atoms with Crippen LogP contribution in [-0.4, -0.2) is 28.8 Å². The van der Waals surface area contributed by atoms with Crippen LogP contribution in [0.2, 0.25) is 0 Å². The molecule has 0 aliphatic rings. The average Bonchev–Trinajstić information content (AvgIpc) is 3.16. The fraction of sp³-hybridized carbons (Fsp3) is 0.182. The number of nitrogens with one attached hydrogen (secondary N) is 1. The number of hydrogen-bond acceptors (Lipinski definition) is 6. The lowest BCUT2D eigenvalue weighted by atomic mass is 10.1. The monoisotopic (exact) mass is 421 g/mol. The smallest absolute Gasteiger partial charge is 0.339 e. The van der Waals surface area contributed by atoms with Gasteiger partial charge in [0.25, 0.3) is 5.56 Å². The molecule has 4 aromatic rings. The number of anilines is 1. The van der Waals surface area contributed by atoms with Gasteiger partial charge in [0.05, 0.1) is 34.1 Å². The molecule has 0 spiro atoms. The Hall–Kier alpha value is -3.52. The van der Waals surface area contributed by atoms with E-state index in [9.17, 15) is 14.4 Å². The van der Waals surface area contributed by atoms with Gasteiger partial charge in [-0.05, 0) is 32.0 Å². The minimum Gasteiger partial charge on any atom is -0.465 e. The van der Waals surface area contributed by atoms with Crippen LogP contribution in [-0.2, 0) is 9.53 Å².